The van der Waals surface area contributed by atoms with E-state index in [1.54, 1.807) is 19.2 Å². The largest absolute Gasteiger partial charge is 0.329 e. The van der Waals surface area contributed by atoms with Gasteiger partial charge in [0.05, 0.1) is 11.1 Å². The van der Waals surface area contributed by atoms with Crippen molar-refractivity contribution in [3.8, 4) is 17.2 Å². The maximum Gasteiger partial charge on any atom is 0.256 e. The lowest BCUT2D eigenvalue weighted by atomic mass is 10.0. The van der Waals surface area contributed by atoms with Gasteiger partial charge in [0.2, 0.25) is 5.56 Å². The Balaban J connectivity index is 2.83. The van der Waals surface area contributed by atoms with Crippen molar-refractivity contribution in [2.45, 2.75) is 6.92 Å². The van der Waals surface area contributed by atoms with E-state index in [-0.39, 0.29) is 16.7 Å². The highest BCUT2D eigenvalue weighted by molar-refractivity contribution is 5.71. The third-order valence-corrected chi connectivity index (χ3v) is 2.48. The van der Waals surface area contributed by atoms with Gasteiger partial charge in [-0.2, -0.15) is 5.26 Å². The number of aryl methyl sites for hydroxylation is 1. The minimum Gasteiger partial charge on any atom is -0.329 e. The third kappa shape index (κ3) is 1.88. The minimum absolute atomic E-state index is 0.188. The molecule has 0 unspecified atom stereocenters. The van der Waals surface area contributed by atoms with Gasteiger partial charge in [-0.25, -0.2) is 0 Å². The Morgan fingerprint density at radius 1 is 1.29 bits per heavy atom. The number of aromatic amines is 2. The molecule has 0 spiro atoms. The van der Waals surface area contributed by atoms with Gasteiger partial charge in [-0.15, -0.1) is 0 Å². The molecule has 0 bridgehead atoms. The highest BCUT2D eigenvalue weighted by Crippen LogP contribution is 2.20. The topological polar surface area (TPSA) is 89.5 Å². The van der Waals surface area contributed by atoms with Crippen molar-refractivity contribution in [3.63, 3.8) is 0 Å². The molecule has 2 heterocycles. The number of pyridine rings is 2. The van der Waals surface area contributed by atoms with Crippen LogP contribution in [0.1, 0.15) is 11.1 Å². The maximum absolute atomic E-state index is 11.7. The van der Waals surface area contributed by atoms with E-state index < -0.39 is 0 Å². The van der Waals surface area contributed by atoms with E-state index in [1.807, 2.05) is 6.07 Å². The van der Waals surface area contributed by atoms with Gasteiger partial charge in [-0.3, -0.25) is 9.59 Å². The molecule has 0 aliphatic rings. The summed E-state index contributed by atoms with van der Waals surface area (Å²) < 4.78 is 0. The zero-order chi connectivity index (χ0) is 12.4. The summed E-state index contributed by atoms with van der Waals surface area (Å²) in [5, 5.41) is 8.97. The zero-order valence-corrected chi connectivity index (χ0v) is 9.07. The highest BCUT2D eigenvalue weighted by atomic mass is 16.1. The Kier molecular flexibility index (Phi) is 2.63. The Bertz CT molecular complexity index is 720. The molecule has 0 saturated carbocycles. The van der Waals surface area contributed by atoms with E-state index in [0.717, 1.165) is 5.56 Å². The van der Waals surface area contributed by atoms with Crippen LogP contribution in [-0.4, -0.2) is 9.97 Å². The van der Waals surface area contributed by atoms with Crippen LogP contribution >= 0.6 is 0 Å². The van der Waals surface area contributed by atoms with Gasteiger partial charge in [-0.1, -0.05) is 0 Å². The lowest BCUT2D eigenvalue weighted by Gasteiger charge is -2.05. The number of rotatable bonds is 1. The van der Waals surface area contributed by atoms with Gasteiger partial charge in [0.15, 0.2) is 0 Å². The van der Waals surface area contributed by atoms with Crippen LogP contribution in [0.3, 0.4) is 0 Å². The quantitative estimate of drug-likeness (QED) is 0.758. The fourth-order valence-electron chi connectivity index (χ4n) is 1.68. The molecule has 0 atom stereocenters. The molecule has 0 radical (unpaired) electrons. The van der Waals surface area contributed by atoms with Crippen LogP contribution in [0.5, 0.6) is 0 Å². The van der Waals surface area contributed by atoms with Crippen molar-refractivity contribution in [1.29, 1.82) is 5.26 Å². The minimum atomic E-state index is -0.365. The van der Waals surface area contributed by atoms with E-state index in [4.69, 9.17) is 5.26 Å². The first-order valence-electron chi connectivity index (χ1n) is 4.95. The standard InChI is InChI=1S/C12H9N3O2/c1-7-2-3-14-12(17)11(7)9-6-15-10(16)4-8(9)5-13/h2-4,6H,1H3,(H,14,17)(H,15,16). The molecule has 0 aliphatic heterocycles. The van der Waals surface area contributed by atoms with E-state index in [0.29, 0.717) is 11.1 Å². The number of nitrogens with one attached hydrogen (secondary N) is 2. The molecule has 0 aliphatic carbocycles. The number of nitrogens with zero attached hydrogens (tertiary/aromatic N) is 1. The normalized spacial score (nSPS) is 9.88. The van der Waals surface area contributed by atoms with Crippen LogP contribution in [0.2, 0.25) is 0 Å². The molecule has 2 aromatic rings. The fourth-order valence-corrected chi connectivity index (χ4v) is 1.68. The molecule has 2 N–H and O–H groups in total. The summed E-state index contributed by atoms with van der Waals surface area (Å²) in [6.45, 7) is 1.77. The summed E-state index contributed by atoms with van der Waals surface area (Å²) in [5.41, 5.74) is 1.13. The smallest absolute Gasteiger partial charge is 0.256 e. The Morgan fingerprint density at radius 2 is 2.06 bits per heavy atom. The van der Waals surface area contributed by atoms with Crippen molar-refractivity contribution in [1.82, 2.24) is 9.97 Å². The Morgan fingerprint density at radius 3 is 2.71 bits per heavy atom. The number of hydrogen-bond donors (Lipinski definition) is 2. The van der Waals surface area contributed by atoms with Gasteiger partial charge in [0, 0.05) is 24.0 Å². The monoisotopic (exact) mass is 227 g/mol. The van der Waals surface area contributed by atoms with Crippen LogP contribution < -0.4 is 11.1 Å². The van der Waals surface area contributed by atoms with Crippen LogP contribution in [0.15, 0.2) is 34.1 Å². The van der Waals surface area contributed by atoms with Gasteiger partial charge in [0.25, 0.3) is 5.56 Å². The lowest BCUT2D eigenvalue weighted by molar-refractivity contribution is 1.18. The molecular formula is C12H9N3O2. The molecule has 2 rings (SSSR count). The zero-order valence-electron chi connectivity index (χ0n) is 9.07. The Labute approximate surface area is 96.4 Å². The summed E-state index contributed by atoms with van der Waals surface area (Å²) in [4.78, 5) is 27.9. The van der Waals surface area contributed by atoms with E-state index in [2.05, 4.69) is 9.97 Å². The van der Waals surface area contributed by atoms with E-state index >= 15 is 0 Å². The van der Waals surface area contributed by atoms with Crippen molar-refractivity contribution in [2.75, 3.05) is 0 Å². The van der Waals surface area contributed by atoms with Gasteiger partial charge in [0.1, 0.15) is 6.07 Å². The second kappa shape index (κ2) is 4.10. The summed E-state index contributed by atoms with van der Waals surface area (Å²) in [7, 11) is 0. The second-order valence-electron chi connectivity index (χ2n) is 3.60. The number of hydrogen-bond acceptors (Lipinski definition) is 3. The molecule has 0 aromatic carbocycles. The van der Waals surface area contributed by atoms with Gasteiger partial charge in [-0.05, 0) is 18.6 Å². The lowest BCUT2D eigenvalue weighted by Crippen LogP contribution is -2.13. The summed E-state index contributed by atoms with van der Waals surface area (Å²) in [5.74, 6) is 0. The van der Waals surface area contributed by atoms with Crippen LogP contribution in [0.4, 0.5) is 0 Å². The van der Waals surface area contributed by atoms with Crippen molar-refractivity contribution < 1.29 is 0 Å². The van der Waals surface area contributed by atoms with E-state index in [9.17, 15) is 9.59 Å². The average molecular weight is 227 g/mol. The predicted molar refractivity (Wildman–Crippen MR) is 62.6 cm³/mol. The maximum atomic E-state index is 11.7. The van der Waals surface area contributed by atoms with Crippen molar-refractivity contribution in [2.24, 2.45) is 0 Å². The number of aromatic nitrogens is 2. The van der Waals surface area contributed by atoms with Crippen molar-refractivity contribution in [3.05, 3.63) is 56.4 Å². The van der Waals surface area contributed by atoms with Crippen molar-refractivity contribution >= 4 is 0 Å². The molecule has 84 valence electrons. The van der Waals surface area contributed by atoms with Gasteiger partial charge >= 0.3 is 0 Å². The average Bonchev–Trinajstić information content (AvgIpc) is 2.30. The predicted octanol–water partition coefficient (Wildman–Crippen LogP) is 0.910. The molecule has 0 saturated heterocycles. The summed E-state index contributed by atoms with van der Waals surface area (Å²) >= 11 is 0. The molecule has 0 fully saturated rings. The first kappa shape index (κ1) is 10.9. The second-order valence-corrected chi connectivity index (χ2v) is 3.60. The first-order chi connectivity index (χ1) is 8.13. The molecular weight excluding hydrogens is 218 g/mol. The first-order valence-corrected chi connectivity index (χ1v) is 4.95. The number of nitriles is 1. The Hall–Kier alpha value is -2.61. The summed E-state index contributed by atoms with van der Waals surface area (Å²) in [6, 6.07) is 4.84. The fraction of sp³-hybridized carbons (Fsp3) is 0.0833. The van der Waals surface area contributed by atoms with Crippen LogP contribution in [-0.2, 0) is 0 Å². The van der Waals surface area contributed by atoms with Crippen LogP contribution in [0.25, 0.3) is 11.1 Å². The molecule has 2 aromatic heterocycles. The molecule has 17 heavy (non-hydrogen) atoms. The van der Waals surface area contributed by atoms with E-state index in [1.165, 1.54) is 12.3 Å². The summed E-state index contributed by atoms with van der Waals surface area (Å²) in [6.07, 6.45) is 2.93. The highest BCUT2D eigenvalue weighted by Gasteiger charge is 2.11. The molecule has 5 nitrogen and oxygen atoms in total. The molecule has 0 amide bonds. The van der Waals surface area contributed by atoms with Gasteiger partial charge < -0.3 is 9.97 Å². The third-order valence-electron chi connectivity index (χ3n) is 2.48. The number of H-pyrrole nitrogens is 2. The SMILES string of the molecule is Cc1cc[nH]c(=O)c1-c1c[nH]c(=O)cc1C#N. The van der Waals surface area contributed by atoms with Crippen LogP contribution in [0, 0.1) is 18.3 Å². The molecule has 5 heteroatoms.